The zero-order valence-corrected chi connectivity index (χ0v) is 12.3. The number of aryl methyl sites for hydroxylation is 1. The summed E-state index contributed by atoms with van der Waals surface area (Å²) in [6.45, 7) is -1.50. The van der Waals surface area contributed by atoms with E-state index < -0.39 is 47.3 Å². The highest BCUT2D eigenvalue weighted by Crippen LogP contribution is 2.35. The maximum Gasteiger partial charge on any atom is 0.413 e. The first-order valence-electron chi connectivity index (χ1n) is 6.44. The fourth-order valence-electron chi connectivity index (χ4n) is 1.97. The number of alkyl halides is 4. The number of nitrogens with one attached hydrogen (secondary N) is 2. The van der Waals surface area contributed by atoms with Crippen molar-refractivity contribution >= 4 is 23.4 Å². The molecule has 23 heavy (non-hydrogen) atoms. The van der Waals surface area contributed by atoms with Crippen LogP contribution >= 0.6 is 11.8 Å². The minimum atomic E-state index is -4.49. The van der Waals surface area contributed by atoms with Crippen molar-refractivity contribution in [2.45, 2.75) is 23.3 Å². The molecule has 1 saturated heterocycles. The monoisotopic (exact) mass is 357 g/mol. The largest absolute Gasteiger partial charge is 0.413 e. The Labute approximate surface area is 131 Å². The molecule has 11 heteroatoms. The minimum absolute atomic E-state index is 0.128. The van der Waals surface area contributed by atoms with Gasteiger partial charge in [0.25, 0.3) is 5.56 Å². The molecule has 0 radical (unpaired) electrons. The van der Waals surface area contributed by atoms with Crippen LogP contribution in [0.2, 0.25) is 0 Å². The van der Waals surface area contributed by atoms with E-state index >= 15 is 0 Å². The third-order valence-electron chi connectivity index (χ3n) is 3.01. The molecular formula is C12H12F5N3O2S. The second-order valence-electron chi connectivity index (χ2n) is 4.71. The highest BCUT2D eigenvalue weighted by atomic mass is 32.2. The lowest BCUT2D eigenvalue weighted by atomic mass is 10.3. The lowest BCUT2D eigenvalue weighted by Crippen LogP contribution is -2.35. The van der Waals surface area contributed by atoms with Crippen molar-refractivity contribution < 1.29 is 26.7 Å². The highest BCUT2D eigenvalue weighted by Gasteiger charge is 2.46. The van der Waals surface area contributed by atoms with Gasteiger partial charge in [0.05, 0.1) is 17.5 Å². The van der Waals surface area contributed by atoms with Crippen LogP contribution in [0.4, 0.5) is 27.6 Å². The van der Waals surface area contributed by atoms with Crippen molar-refractivity contribution in [3.63, 3.8) is 0 Å². The standard InChI is InChI=1S/C12H12F5N3O2S/c13-1-2-20-5-6(3-7(14)10(20)22)19-9(21)8-4-18-11(23-8)12(15,16)17/h3,5,8,11,18H,1-2,4H2,(H,19,21). The van der Waals surface area contributed by atoms with E-state index in [-0.39, 0.29) is 12.2 Å². The van der Waals surface area contributed by atoms with Crippen molar-refractivity contribution in [3.05, 3.63) is 28.4 Å². The molecule has 1 aromatic heterocycles. The molecule has 1 aromatic rings. The van der Waals surface area contributed by atoms with Crippen LogP contribution in [0.25, 0.3) is 0 Å². The van der Waals surface area contributed by atoms with Crippen LogP contribution in [-0.2, 0) is 11.3 Å². The average Bonchev–Trinajstić information content (AvgIpc) is 2.94. The molecule has 0 bridgehead atoms. The van der Waals surface area contributed by atoms with E-state index in [9.17, 15) is 31.5 Å². The van der Waals surface area contributed by atoms with Gasteiger partial charge in [-0.25, -0.2) is 8.78 Å². The van der Waals surface area contributed by atoms with Crippen LogP contribution in [0.1, 0.15) is 0 Å². The molecule has 128 valence electrons. The Morgan fingerprint density at radius 1 is 1.48 bits per heavy atom. The van der Waals surface area contributed by atoms with Crippen molar-refractivity contribution in [1.82, 2.24) is 9.88 Å². The van der Waals surface area contributed by atoms with Gasteiger partial charge < -0.3 is 9.88 Å². The number of rotatable bonds is 4. The summed E-state index contributed by atoms with van der Waals surface area (Å²) in [6.07, 6.45) is -3.45. The molecule has 2 N–H and O–H groups in total. The molecule has 1 aliphatic heterocycles. The number of carbonyl (C=O) groups is 1. The van der Waals surface area contributed by atoms with Crippen LogP contribution in [0.15, 0.2) is 17.1 Å². The second-order valence-corrected chi connectivity index (χ2v) is 6.02. The van der Waals surface area contributed by atoms with Crippen LogP contribution < -0.4 is 16.2 Å². The first-order chi connectivity index (χ1) is 10.7. The summed E-state index contributed by atoms with van der Waals surface area (Å²) in [7, 11) is 0. The molecular weight excluding hydrogens is 345 g/mol. The second kappa shape index (κ2) is 6.87. The SMILES string of the molecule is O=C(Nc1cc(F)c(=O)n(CCF)c1)C1CNC(C(F)(F)F)S1. The number of thioether (sulfide) groups is 1. The Hall–Kier alpha value is -1.62. The van der Waals surface area contributed by atoms with Gasteiger partial charge >= 0.3 is 6.18 Å². The molecule has 5 nitrogen and oxygen atoms in total. The number of nitrogens with zero attached hydrogens (tertiary/aromatic N) is 1. The smallest absolute Gasteiger partial charge is 0.324 e. The number of anilines is 1. The predicted molar refractivity (Wildman–Crippen MR) is 74.5 cm³/mol. The lowest BCUT2D eigenvalue weighted by molar-refractivity contribution is -0.132. The van der Waals surface area contributed by atoms with Gasteiger partial charge in [-0.3, -0.25) is 14.9 Å². The van der Waals surface area contributed by atoms with Gasteiger partial charge in [0.2, 0.25) is 5.91 Å². The number of hydrogen-bond acceptors (Lipinski definition) is 4. The third kappa shape index (κ3) is 4.22. The summed E-state index contributed by atoms with van der Waals surface area (Å²) in [6, 6.07) is 0.739. The van der Waals surface area contributed by atoms with Crippen molar-refractivity contribution in [3.8, 4) is 0 Å². The van der Waals surface area contributed by atoms with E-state index in [1.165, 1.54) is 0 Å². The predicted octanol–water partition coefficient (Wildman–Crippen LogP) is 1.49. The van der Waals surface area contributed by atoms with Crippen molar-refractivity contribution in [2.24, 2.45) is 0 Å². The van der Waals surface area contributed by atoms with Crippen LogP contribution in [0.3, 0.4) is 0 Å². The summed E-state index contributed by atoms with van der Waals surface area (Å²) in [5, 5.41) is 1.52. The van der Waals surface area contributed by atoms with E-state index in [2.05, 4.69) is 10.6 Å². The molecule has 0 aliphatic carbocycles. The number of halogens is 5. The molecule has 2 heterocycles. The number of pyridine rings is 1. The maximum absolute atomic E-state index is 13.4. The van der Waals surface area contributed by atoms with Gasteiger partial charge in [-0.05, 0) is 0 Å². The van der Waals surface area contributed by atoms with E-state index in [4.69, 9.17) is 0 Å². The van der Waals surface area contributed by atoms with E-state index in [0.717, 1.165) is 16.8 Å². The fourth-order valence-corrected chi connectivity index (χ4v) is 3.02. The fraction of sp³-hybridized carbons (Fsp3) is 0.500. The normalized spacial score (nSPS) is 21.4. The van der Waals surface area contributed by atoms with Gasteiger partial charge in [-0.2, -0.15) is 13.2 Å². The third-order valence-corrected chi connectivity index (χ3v) is 4.43. The Bertz CT molecular complexity index is 649. The molecule has 1 amide bonds. The van der Waals surface area contributed by atoms with E-state index in [1.54, 1.807) is 0 Å². The number of aromatic nitrogens is 1. The number of amides is 1. The molecule has 0 spiro atoms. The molecule has 0 aromatic carbocycles. The summed E-state index contributed by atoms with van der Waals surface area (Å²) in [4.78, 5) is 23.3. The Kier molecular flexibility index (Phi) is 5.30. The van der Waals surface area contributed by atoms with Crippen molar-refractivity contribution in [2.75, 3.05) is 18.5 Å². The minimum Gasteiger partial charge on any atom is -0.324 e. The first-order valence-corrected chi connectivity index (χ1v) is 7.39. The van der Waals surface area contributed by atoms with Gasteiger partial charge in [0.15, 0.2) is 11.2 Å². The Morgan fingerprint density at radius 2 is 2.17 bits per heavy atom. The molecule has 2 unspecified atom stereocenters. The Balaban J connectivity index is 2.08. The maximum atomic E-state index is 13.4. The van der Waals surface area contributed by atoms with Crippen molar-refractivity contribution in [1.29, 1.82) is 0 Å². The van der Waals surface area contributed by atoms with Crippen LogP contribution in [-0.4, -0.2) is 40.5 Å². The van der Waals surface area contributed by atoms with Gasteiger partial charge in [0, 0.05) is 18.8 Å². The van der Waals surface area contributed by atoms with Gasteiger partial charge in [-0.1, -0.05) is 0 Å². The van der Waals surface area contributed by atoms with E-state index in [1.807, 2.05) is 0 Å². The van der Waals surface area contributed by atoms with Gasteiger partial charge in [-0.15, -0.1) is 11.8 Å². The summed E-state index contributed by atoms with van der Waals surface area (Å²) >= 11 is 0.396. The quantitative estimate of drug-likeness (QED) is 0.802. The topological polar surface area (TPSA) is 63.1 Å². The zero-order chi connectivity index (χ0) is 17.2. The number of hydrogen-bond donors (Lipinski definition) is 2. The first kappa shape index (κ1) is 17.7. The molecule has 1 fully saturated rings. The summed E-state index contributed by atoms with van der Waals surface area (Å²) in [5.74, 6) is -1.96. The molecule has 1 aliphatic rings. The lowest BCUT2D eigenvalue weighted by Gasteiger charge is -2.14. The van der Waals surface area contributed by atoms with Gasteiger partial charge in [0.1, 0.15) is 6.67 Å². The van der Waals surface area contributed by atoms with E-state index in [0.29, 0.717) is 11.8 Å². The summed E-state index contributed by atoms with van der Waals surface area (Å²) in [5.41, 5.74) is -1.17. The molecule has 2 atom stereocenters. The van der Waals surface area contributed by atoms with Crippen LogP contribution in [0, 0.1) is 5.82 Å². The molecule has 2 rings (SSSR count). The molecule has 0 saturated carbocycles. The Morgan fingerprint density at radius 3 is 2.74 bits per heavy atom. The number of carbonyl (C=O) groups excluding carboxylic acids is 1. The average molecular weight is 357 g/mol. The highest BCUT2D eigenvalue weighted by molar-refractivity contribution is 8.01. The zero-order valence-electron chi connectivity index (χ0n) is 11.5. The summed E-state index contributed by atoms with van der Waals surface area (Å²) < 4.78 is 64.0. The van der Waals surface area contributed by atoms with Crippen LogP contribution in [0.5, 0.6) is 0 Å².